The molecular weight excluding hydrogens is 351 g/mol. The Morgan fingerprint density at radius 2 is 1.96 bits per heavy atom. The van der Waals surface area contributed by atoms with Crippen LogP contribution in [0.15, 0.2) is 59.8 Å². The third-order valence-corrected chi connectivity index (χ3v) is 4.53. The first-order valence-electron chi connectivity index (χ1n) is 8.10. The highest BCUT2D eigenvalue weighted by Crippen LogP contribution is 2.16. The van der Waals surface area contributed by atoms with E-state index >= 15 is 0 Å². The van der Waals surface area contributed by atoms with Crippen LogP contribution in [-0.4, -0.2) is 20.6 Å². The average Bonchev–Trinajstić information content (AvgIpc) is 3.22. The van der Waals surface area contributed by atoms with Crippen molar-refractivity contribution in [3.05, 3.63) is 81.9 Å². The minimum atomic E-state index is -0.287. The molecule has 0 amide bonds. The molecule has 26 heavy (non-hydrogen) atoms. The zero-order valence-electron chi connectivity index (χ0n) is 14.0. The Kier molecular flexibility index (Phi) is 4.27. The van der Waals surface area contributed by atoms with E-state index in [0.717, 1.165) is 16.8 Å². The fraction of sp³-hybridized carbons (Fsp3) is 0.111. The van der Waals surface area contributed by atoms with Crippen molar-refractivity contribution in [2.75, 3.05) is 0 Å². The number of benzene rings is 2. The number of rotatable bonds is 4. The molecule has 0 saturated heterocycles. The van der Waals surface area contributed by atoms with Crippen molar-refractivity contribution in [2.24, 2.45) is 5.10 Å². The molecule has 132 valence electrons. The molecule has 0 bridgehead atoms. The van der Waals surface area contributed by atoms with Gasteiger partial charge >= 0.3 is 0 Å². The van der Waals surface area contributed by atoms with Gasteiger partial charge < -0.3 is 0 Å². The average molecular weight is 368 g/mol. The highest BCUT2D eigenvalue weighted by Gasteiger charge is 2.22. The van der Waals surface area contributed by atoms with Crippen LogP contribution in [0.5, 0.6) is 0 Å². The Morgan fingerprint density at radius 1 is 1.15 bits per heavy atom. The van der Waals surface area contributed by atoms with Crippen LogP contribution in [-0.2, 0) is 6.54 Å². The Bertz CT molecular complexity index is 1020. The first-order valence-corrected chi connectivity index (χ1v) is 8.51. The number of nitrogens with one attached hydrogen (secondary N) is 3. The van der Waals surface area contributed by atoms with Crippen LogP contribution in [0.3, 0.4) is 0 Å². The normalized spacial score (nSPS) is 13.6. The Labute approximate surface area is 154 Å². The van der Waals surface area contributed by atoms with E-state index in [1.807, 2.05) is 11.1 Å². The van der Waals surface area contributed by atoms with Crippen molar-refractivity contribution >= 4 is 18.1 Å². The summed E-state index contributed by atoms with van der Waals surface area (Å²) in [5.41, 5.74) is 9.69. The summed E-state index contributed by atoms with van der Waals surface area (Å²) in [4.78, 5) is 0. The Balaban J connectivity index is 1.63. The largest absolute Gasteiger partial charge is 0.299 e. The smallest absolute Gasteiger partial charge is 0.177 e. The maximum absolute atomic E-state index is 13.2. The first kappa shape index (κ1) is 16.5. The molecule has 0 saturated carbocycles. The SMILES string of the molecule is Cc1cccc(CN2NNN=C2c2c[nH]n(-c3ccc(F)cc3)c2=S)c1. The molecule has 1 aliphatic rings. The summed E-state index contributed by atoms with van der Waals surface area (Å²) in [5, 5.41) is 9.31. The number of aromatic nitrogens is 2. The van der Waals surface area contributed by atoms with Gasteiger partial charge in [-0.25, -0.2) is 14.6 Å². The van der Waals surface area contributed by atoms with Gasteiger partial charge in [0.2, 0.25) is 0 Å². The van der Waals surface area contributed by atoms with E-state index in [-0.39, 0.29) is 5.82 Å². The third kappa shape index (κ3) is 3.12. The van der Waals surface area contributed by atoms with Gasteiger partial charge in [0, 0.05) is 6.20 Å². The van der Waals surface area contributed by atoms with Gasteiger partial charge in [-0.1, -0.05) is 42.0 Å². The molecule has 3 N–H and O–H groups in total. The topological polar surface area (TPSA) is 60.4 Å². The van der Waals surface area contributed by atoms with Crippen LogP contribution in [0.4, 0.5) is 4.39 Å². The summed E-state index contributed by atoms with van der Waals surface area (Å²) >= 11 is 5.59. The standard InChI is InChI=1S/C18H17FN6S/c1-12-3-2-4-13(9-12)11-24-17(21-22-23-24)16-10-20-25(18(16)26)15-7-5-14(19)6-8-15/h2-10,20,22-23H,11H2,1H3. The molecule has 0 fully saturated rings. The summed E-state index contributed by atoms with van der Waals surface area (Å²) in [7, 11) is 0. The lowest BCUT2D eigenvalue weighted by Gasteiger charge is -2.18. The van der Waals surface area contributed by atoms with Crippen LogP contribution in [0.1, 0.15) is 16.7 Å². The van der Waals surface area contributed by atoms with Gasteiger partial charge in [-0.15, -0.1) is 10.6 Å². The number of hydrazine groups is 2. The molecule has 1 aliphatic heterocycles. The molecule has 6 nitrogen and oxygen atoms in total. The second-order valence-corrected chi connectivity index (χ2v) is 6.43. The van der Waals surface area contributed by atoms with Gasteiger partial charge in [0.15, 0.2) is 5.84 Å². The number of aryl methyl sites for hydroxylation is 1. The minimum absolute atomic E-state index is 0.287. The predicted molar refractivity (Wildman–Crippen MR) is 100 cm³/mol. The molecule has 0 radical (unpaired) electrons. The van der Waals surface area contributed by atoms with E-state index in [9.17, 15) is 4.39 Å². The quantitative estimate of drug-likeness (QED) is 0.619. The molecule has 0 spiro atoms. The second kappa shape index (κ2) is 6.74. The molecule has 0 unspecified atom stereocenters. The molecule has 1 aromatic heterocycles. The lowest BCUT2D eigenvalue weighted by atomic mass is 10.1. The molecule has 2 aromatic carbocycles. The lowest BCUT2D eigenvalue weighted by molar-refractivity contribution is 0.288. The summed E-state index contributed by atoms with van der Waals surface area (Å²) in [6.45, 7) is 2.69. The fourth-order valence-electron chi connectivity index (χ4n) is 2.88. The van der Waals surface area contributed by atoms with E-state index in [1.54, 1.807) is 23.0 Å². The van der Waals surface area contributed by atoms with E-state index in [4.69, 9.17) is 12.2 Å². The van der Waals surface area contributed by atoms with Gasteiger partial charge in [0.1, 0.15) is 10.5 Å². The highest BCUT2D eigenvalue weighted by molar-refractivity contribution is 7.71. The van der Waals surface area contributed by atoms with Crippen molar-refractivity contribution in [1.29, 1.82) is 0 Å². The molecule has 0 aliphatic carbocycles. The second-order valence-electron chi connectivity index (χ2n) is 6.04. The summed E-state index contributed by atoms with van der Waals surface area (Å²) in [6.07, 6.45) is 1.79. The molecular formula is C18H17FN6S. The summed E-state index contributed by atoms with van der Waals surface area (Å²) in [5.74, 6) is 0.401. The van der Waals surface area contributed by atoms with Crippen molar-refractivity contribution in [2.45, 2.75) is 13.5 Å². The monoisotopic (exact) mass is 368 g/mol. The first-order chi connectivity index (χ1) is 12.6. The third-order valence-electron chi connectivity index (χ3n) is 4.12. The fourth-order valence-corrected chi connectivity index (χ4v) is 3.19. The van der Waals surface area contributed by atoms with E-state index in [0.29, 0.717) is 17.0 Å². The molecule has 3 aromatic rings. The maximum Gasteiger partial charge on any atom is 0.177 e. The highest BCUT2D eigenvalue weighted by atomic mass is 32.1. The summed E-state index contributed by atoms with van der Waals surface area (Å²) < 4.78 is 15.4. The van der Waals surface area contributed by atoms with Gasteiger partial charge in [0.05, 0.1) is 17.8 Å². The van der Waals surface area contributed by atoms with Gasteiger partial charge in [-0.2, -0.15) is 0 Å². The van der Waals surface area contributed by atoms with Crippen molar-refractivity contribution in [1.82, 2.24) is 25.9 Å². The van der Waals surface area contributed by atoms with Gasteiger partial charge in [0.25, 0.3) is 0 Å². The zero-order chi connectivity index (χ0) is 18.1. The number of hydrazone groups is 1. The number of aromatic amines is 1. The van der Waals surface area contributed by atoms with Gasteiger partial charge in [-0.05, 0) is 36.8 Å². The number of hydrogen-bond donors (Lipinski definition) is 3. The molecule has 4 rings (SSSR count). The Morgan fingerprint density at radius 3 is 2.73 bits per heavy atom. The van der Waals surface area contributed by atoms with Crippen molar-refractivity contribution in [3.63, 3.8) is 0 Å². The van der Waals surface area contributed by atoms with Crippen molar-refractivity contribution in [3.8, 4) is 5.69 Å². The molecule has 2 heterocycles. The lowest BCUT2D eigenvalue weighted by Crippen LogP contribution is -2.40. The number of amidine groups is 1. The Hall–Kier alpha value is -2.97. The van der Waals surface area contributed by atoms with E-state index in [1.165, 1.54) is 17.7 Å². The van der Waals surface area contributed by atoms with Crippen LogP contribution in [0.2, 0.25) is 0 Å². The molecule has 0 atom stereocenters. The van der Waals surface area contributed by atoms with E-state index in [2.05, 4.69) is 46.4 Å². The number of H-pyrrole nitrogens is 1. The number of hydrogen-bond acceptors (Lipinski definition) is 5. The van der Waals surface area contributed by atoms with E-state index < -0.39 is 0 Å². The molecule has 8 heteroatoms. The van der Waals surface area contributed by atoms with Gasteiger partial charge in [-0.3, -0.25) is 10.1 Å². The van der Waals surface area contributed by atoms with Crippen LogP contribution >= 0.6 is 12.2 Å². The van der Waals surface area contributed by atoms with Crippen LogP contribution in [0.25, 0.3) is 5.69 Å². The summed E-state index contributed by atoms with van der Waals surface area (Å²) in [6, 6.07) is 14.4. The minimum Gasteiger partial charge on any atom is -0.299 e. The van der Waals surface area contributed by atoms with Crippen LogP contribution < -0.4 is 11.1 Å². The van der Waals surface area contributed by atoms with Crippen molar-refractivity contribution < 1.29 is 4.39 Å². The zero-order valence-corrected chi connectivity index (χ0v) is 14.8. The van der Waals surface area contributed by atoms with Crippen LogP contribution in [0, 0.1) is 17.4 Å². The predicted octanol–water partition coefficient (Wildman–Crippen LogP) is 3.17. The number of halogens is 1. The maximum atomic E-state index is 13.2. The number of nitrogens with zero attached hydrogens (tertiary/aromatic N) is 3.